The molecule has 0 saturated heterocycles. The minimum Gasteiger partial charge on any atom is -0.494 e. The molecule has 0 atom stereocenters. The van der Waals surface area contributed by atoms with Gasteiger partial charge >= 0.3 is 5.97 Å². The maximum absolute atomic E-state index is 12.6. The molecule has 2 aromatic carbocycles. The highest BCUT2D eigenvalue weighted by Crippen LogP contribution is 2.31. The van der Waals surface area contributed by atoms with Gasteiger partial charge in [0, 0.05) is 23.1 Å². The molecule has 0 spiro atoms. The summed E-state index contributed by atoms with van der Waals surface area (Å²) in [5.74, 6) is 0.496. The lowest BCUT2D eigenvalue weighted by Gasteiger charge is -2.09. The van der Waals surface area contributed by atoms with E-state index in [1.165, 1.54) is 5.56 Å². The van der Waals surface area contributed by atoms with E-state index in [0.717, 1.165) is 28.8 Å². The predicted molar refractivity (Wildman–Crippen MR) is 104 cm³/mol. The molecule has 26 heavy (non-hydrogen) atoms. The van der Waals surface area contributed by atoms with Crippen molar-refractivity contribution in [1.82, 2.24) is 4.57 Å². The molecule has 0 aliphatic rings. The lowest BCUT2D eigenvalue weighted by atomic mass is 10.1. The fourth-order valence-electron chi connectivity index (χ4n) is 3.20. The molecule has 136 valence electrons. The number of carbonyl (C=O) groups excluding carboxylic acids is 1. The third-order valence-corrected chi connectivity index (χ3v) is 4.43. The van der Waals surface area contributed by atoms with Crippen LogP contribution >= 0.6 is 0 Å². The molecule has 3 rings (SSSR count). The molecular formula is C22H25NO3. The van der Waals surface area contributed by atoms with Gasteiger partial charge in [0.25, 0.3) is 0 Å². The standard InChI is InChI=1S/C22H25NO3/c1-4-13-26-18-11-12-20-19(14-18)21(22(24)25-5-2)16(3)23(20)15-17-9-7-6-8-10-17/h6-12,14H,4-5,13,15H2,1-3H3. The summed E-state index contributed by atoms with van der Waals surface area (Å²) in [5.41, 5.74) is 3.74. The number of esters is 1. The summed E-state index contributed by atoms with van der Waals surface area (Å²) in [4.78, 5) is 12.6. The van der Waals surface area contributed by atoms with Crippen LogP contribution in [0.5, 0.6) is 5.75 Å². The van der Waals surface area contributed by atoms with Crippen molar-refractivity contribution in [3.8, 4) is 5.75 Å². The first-order valence-electron chi connectivity index (χ1n) is 9.12. The third kappa shape index (κ3) is 3.59. The number of nitrogens with zero attached hydrogens (tertiary/aromatic N) is 1. The molecule has 4 heteroatoms. The van der Waals surface area contributed by atoms with E-state index in [1.807, 2.05) is 50.2 Å². The van der Waals surface area contributed by atoms with Crippen LogP contribution in [0.4, 0.5) is 0 Å². The van der Waals surface area contributed by atoms with Crippen LogP contribution in [0.25, 0.3) is 10.9 Å². The molecule has 0 aliphatic heterocycles. The van der Waals surface area contributed by atoms with E-state index >= 15 is 0 Å². The fourth-order valence-corrected chi connectivity index (χ4v) is 3.20. The van der Waals surface area contributed by atoms with Gasteiger partial charge in [-0.25, -0.2) is 4.79 Å². The van der Waals surface area contributed by atoms with Gasteiger partial charge < -0.3 is 14.0 Å². The van der Waals surface area contributed by atoms with Crippen molar-refractivity contribution in [2.24, 2.45) is 0 Å². The van der Waals surface area contributed by atoms with Crippen molar-refractivity contribution >= 4 is 16.9 Å². The van der Waals surface area contributed by atoms with Gasteiger partial charge in [-0.3, -0.25) is 0 Å². The maximum Gasteiger partial charge on any atom is 0.340 e. The van der Waals surface area contributed by atoms with Crippen LogP contribution in [0, 0.1) is 6.92 Å². The molecule has 0 aliphatic carbocycles. The van der Waals surface area contributed by atoms with E-state index in [-0.39, 0.29) is 5.97 Å². The molecule has 0 fully saturated rings. The summed E-state index contributed by atoms with van der Waals surface area (Å²) in [5, 5.41) is 0.880. The Balaban J connectivity index is 2.11. The minimum atomic E-state index is -0.283. The van der Waals surface area contributed by atoms with Gasteiger partial charge in [0.1, 0.15) is 5.75 Å². The Morgan fingerprint density at radius 1 is 1.08 bits per heavy atom. The molecule has 1 aromatic heterocycles. The van der Waals surface area contributed by atoms with Gasteiger partial charge in [0.05, 0.1) is 18.8 Å². The zero-order chi connectivity index (χ0) is 18.5. The molecule has 0 saturated carbocycles. The van der Waals surface area contributed by atoms with Crippen molar-refractivity contribution in [2.45, 2.75) is 33.7 Å². The first-order valence-corrected chi connectivity index (χ1v) is 9.12. The highest BCUT2D eigenvalue weighted by Gasteiger charge is 2.21. The Morgan fingerprint density at radius 3 is 2.54 bits per heavy atom. The lowest BCUT2D eigenvalue weighted by Crippen LogP contribution is -2.08. The first kappa shape index (κ1) is 18.1. The van der Waals surface area contributed by atoms with Gasteiger partial charge in [-0.15, -0.1) is 0 Å². The van der Waals surface area contributed by atoms with Crippen LogP contribution in [0.1, 0.15) is 41.9 Å². The second-order valence-electron chi connectivity index (χ2n) is 6.28. The first-order chi connectivity index (χ1) is 12.7. The van der Waals surface area contributed by atoms with Crippen LogP contribution in [-0.4, -0.2) is 23.8 Å². The lowest BCUT2D eigenvalue weighted by molar-refractivity contribution is 0.0527. The van der Waals surface area contributed by atoms with E-state index < -0.39 is 0 Å². The minimum absolute atomic E-state index is 0.283. The van der Waals surface area contributed by atoms with Crippen LogP contribution in [0.2, 0.25) is 0 Å². The second-order valence-corrected chi connectivity index (χ2v) is 6.28. The quantitative estimate of drug-likeness (QED) is 0.565. The SMILES string of the molecule is CCCOc1ccc2c(c1)c(C(=O)OCC)c(C)n2Cc1ccccc1. The van der Waals surface area contributed by atoms with Gasteiger partial charge in [0.15, 0.2) is 0 Å². The van der Waals surface area contributed by atoms with Gasteiger partial charge in [-0.2, -0.15) is 0 Å². The van der Waals surface area contributed by atoms with Gasteiger partial charge in [0.2, 0.25) is 0 Å². The van der Waals surface area contributed by atoms with Crippen molar-refractivity contribution in [3.05, 3.63) is 65.4 Å². The summed E-state index contributed by atoms with van der Waals surface area (Å²) in [6.45, 7) is 7.59. The average molecular weight is 351 g/mol. The Hall–Kier alpha value is -2.75. The topological polar surface area (TPSA) is 40.5 Å². The highest BCUT2D eigenvalue weighted by atomic mass is 16.5. The van der Waals surface area contributed by atoms with Crippen molar-refractivity contribution < 1.29 is 14.3 Å². The van der Waals surface area contributed by atoms with Crippen molar-refractivity contribution in [2.75, 3.05) is 13.2 Å². The molecule has 1 heterocycles. The predicted octanol–water partition coefficient (Wildman–Crippen LogP) is 4.96. The van der Waals surface area contributed by atoms with Crippen molar-refractivity contribution in [3.63, 3.8) is 0 Å². The zero-order valence-corrected chi connectivity index (χ0v) is 15.6. The van der Waals surface area contributed by atoms with Crippen LogP contribution in [0.15, 0.2) is 48.5 Å². The van der Waals surface area contributed by atoms with Crippen LogP contribution in [-0.2, 0) is 11.3 Å². The molecular weight excluding hydrogens is 326 g/mol. The zero-order valence-electron chi connectivity index (χ0n) is 15.6. The molecule has 4 nitrogen and oxygen atoms in total. The summed E-state index contributed by atoms with van der Waals surface area (Å²) in [6.07, 6.45) is 0.941. The van der Waals surface area contributed by atoms with Crippen LogP contribution < -0.4 is 4.74 Å². The van der Waals surface area contributed by atoms with Crippen LogP contribution in [0.3, 0.4) is 0 Å². The number of benzene rings is 2. The number of aromatic nitrogens is 1. The number of fused-ring (bicyclic) bond motifs is 1. The highest BCUT2D eigenvalue weighted by molar-refractivity contribution is 6.06. The van der Waals surface area contributed by atoms with Gasteiger partial charge in [-0.1, -0.05) is 37.3 Å². The van der Waals surface area contributed by atoms with Crippen molar-refractivity contribution in [1.29, 1.82) is 0 Å². The van der Waals surface area contributed by atoms with E-state index in [2.05, 4.69) is 23.6 Å². The van der Waals surface area contributed by atoms with Gasteiger partial charge in [-0.05, 0) is 44.0 Å². The molecule has 0 N–H and O–H groups in total. The normalized spacial score (nSPS) is 10.9. The summed E-state index contributed by atoms with van der Waals surface area (Å²) in [6, 6.07) is 16.2. The number of hydrogen-bond acceptors (Lipinski definition) is 3. The Bertz CT molecular complexity index is 897. The Labute approximate surface area is 154 Å². The summed E-state index contributed by atoms with van der Waals surface area (Å²) < 4.78 is 13.2. The summed E-state index contributed by atoms with van der Waals surface area (Å²) in [7, 11) is 0. The molecule has 0 bridgehead atoms. The second kappa shape index (κ2) is 8.09. The largest absolute Gasteiger partial charge is 0.494 e. The maximum atomic E-state index is 12.6. The number of hydrogen-bond donors (Lipinski definition) is 0. The number of carbonyl (C=O) groups is 1. The Morgan fingerprint density at radius 2 is 1.85 bits per heavy atom. The van der Waals surface area contributed by atoms with E-state index in [1.54, 1.807) is 0 Å². The van der Waals surface area contributed by atoms with E-state index in [4.69, 9.17) is 9.47 Å². The monoisotopic (exact) mass is 351 g/mol. The number of rotatable bonds is 7. The molecule has 3 aromatic rings. The van der Waals surface area contributed by atoms with E-state index in [9.17, 15) is 4.79 Å². The van der Waals surface area contributed by atoms with E-state index in [0.29, 0.717) is 25.3 Å². The third-order valence-electron chi connectivity index (χ3n) is 4.43. The average Bonchev–Trinajstić information content (AvgIpc) is 2.92. The molecule has 0 amide bonds. The fraction of sp³-hybridized carbons (Fsp3) is 0.318. The molecule has 0 unspecified atom stereocenters. The summed E-state index contributed by atoms with van der Waals surface area (Å²) >= 11 is 0. The smallest absolute Gasteiger partial charge is 0.340 e. The molecule has 0 radical (unpaired) electrons. The number of ether oxygens (including phenoxy) is 2. The Kier molecular flexibility index (Phi) is 5.61.